The van der Waals surface area contributed by atoms with Crippen LogP contribution in [0.1, 0.15) is 6.92 Å². The molecule has 0 saturated heterocycles. The Hall–Kier alpha value is -0.730. The van der Waals surface area contributed by atoms with Crippen molar-refractivity contribution in [3.8, 4) is 5.75 Å². The van der Waals surface area contributed by atoms with Gasteiger partial charge in [0, 0.05) is 5.02 Å². The Morgan fingerprint density at radius 2 is 1.92 bits per heavy atom. The molecule has 0 N–H and O–H groups in total. The van der Waals surface area contributed by atoms with Crippen LogP contribution < -0.4 is 4.74 Å². The molecule has 1 aromatic carbocycles. The molecule has 1 atom stereocenters. The molecule has 4 heteroatoms. The Balaban J connectivity index is 2.65. The third-order valence-electron chi connectivity index (χ3n) is 1.36. The molecule has 0 heterocycles. The Labute approximate surface area is 86.4 Å². The van der Waals surface area contributed by atoms with E-state index in [1.54, 1.807) is 31.2 Å². The van der Waals surface area contributed by atoms with E-state index in [4.69, 9.17) is 27.9 Å². The van der Waals surface area contributed by atoms with E-state index in [-0.39, 0.29) is 0 Å². The molecule has 0 aliphatic rings. The van der Waals surface area contributed by atoms with Crippen molar-refractivity contribution in [3.05, 3.63) is 29.3 Å². The number of carbonyl (C=O) groups excluding carboxylic acids is 1. The zero-order valence-electron chi connectivity index (χ0n) is 6.96. The molecule has 0 aliphatic carbocycles. The summed E-state index contributed by atoms with van der Waals surface area (Å²) >= 11 is 11.2. The van der Waals surface area contributed by atoms with Gasteiger partial charge in [-0.05, 0) is 31.2 Å². The first-order valence-electron chi connectivity index (χ1n) is 3.71. The summed E-state index contributed by atoms with van der Waals surface area (Å²) in [6.45, 7) is 1.56. The minimum Gasteiger partial charge on any atom is -0.425 e. The maximum Gasteiger partial charge on any atom is 0.329 e. The van der Waals surface area contributed by atoms with Crippen LogP contribution in [0.4, 0.5) is 0 Å². The number of ether oxygens (including phenoxy) is 1. The summed E-state index contributed by atoms with van der Waals surface area (Å²) in [5.41, 5.74) is 0. The molecule has 0 radical (unpaired) electrons. The molecule has 1 aromatic rings. The average Bonchev–Trinajstić information content (AvgIpc) is 2.08. The van der Waals surface area contributed by atoms with E-state index in [0.29, 0.717) is 10.8 Å². The molecule has 0 saturated carbocycles. The molecule has 2 nitrogen and oxygen atoms in total. The molecule has 0 spiro atoms. The summed E-state index contributed by atoms with van der Waals surface area (Å²) in [7, 11) is 0. The lowest BCUT2D eigenvalue weighted by molar-refractivity contribution is -0.133. The van der Waals surface area contributed by atoms with E-state index in [9.17, 15) is 4.79 Å². The van der Waals surface area contributed by atoms with E-state index in [1.165, 1.54) is 0 Å². The number of esters is 1. The maximum atomic E-state index is 11.0. The normalized spacial score (nSPS) is 12.2. The Kier molecular flexibility index (Phi) is 3.58. The first kappa shape index (κ1) is 10.4. The van der Waals surface area contributed by atoms with Gasteiger partial charge in [-0.1, -0.05) is 11.6 Å². The summed E-state index contributed by atoms with van der Waals surface area (Å²) in [6.07, 6.45) is 0. The monoisotopic (exact) mass is 218 g/mol. The van der Waals surface area contributed by atoms with Crippen LogP contribution in [0.15, 0.2) is 24.3 Å². The van der Waals surface area contributed by atoms with Crippen LogP contribution in [0.5, 0.6) is 5.75 Å². The van der Waals surface area contributed by atoms with E-state index < -0.39 is 11.3 Å². The van der Waals surface area contributed by atoms with Gasteiger partial charge in [-0.15, -0.1) is 11.6 Å². The number of hydrogen-bond acceptors (Lipinski definition) is 2. The first-order valence-corrected chi connectivity index (χ1v) is 4.52. The minimum atomic E-state index is -0.643. The molecular formula is C9H8Cl2O2. The van der Waals surface area contributed by atoms with Gasteiger partial charge >= 0.3 is 5.97 Å². The molecule has 13 heavy (non-hydrogen) atoms. The molecule has 0 amide bonds. The van der Waals surface area contributed by atoms with E-state index in [2.05, 4.69) is 0 Å². The summed E-state index contributed by atoms with van der Waals surface area (Å²) in [5, 5.41) is -0.0469. The lowest BCUT2D eigenvalue weighted by Crippen LogP contribution is -2.17. The van der Waals surface area contributed by atoms with Crippen molar-refractivity contribution in [1.82, 2.24) is 0 Å². The smallest absolute Gasteiger partial charge is 0.329 e. The molecular weight excluding hydrogens is 211 g/mol. The van der Waals surface area contributed by atoms with E-state index in [0.717, 1.165) is 0 Å². The summed E-state index contributed by atoms with van der Waals surface area (Å²) in [4.78, 5) is 11.0. The highest BCUT2D eigenvalue weighted by Crippen LogP contribution is 2.16. The third-order valence-corrected chi connectivity index (χ3v) is 1.79. The van der Waals surface area contributed by atoms with Gasteiger partial charge in [-0.3, -0.25) is 4.79 Å². The van der Waals surface area contributed by atoms with Gasteiger partial charge < -0.3 is 4.74 Å². The fraction of sp³-hybridized carbons (Fsp3) is 0.222. The van der Waals surface area contributed by atoms with Crippen molar-refractivity contribution >= 4 is 29.2 Å². The fourth-order valence-electron chi connectivity index (χ4n) is 0.700. The van der Waals surface area contributed by atoms with Gasteiger partial charge in [0.2, 0.25) is 0 Å². The van der Waals surface area contributed by atoms with Gasteiger partial charge in [0.05, 0.1) is 0 Å². The van der Waals surface area contributed by atoms with Crippen LogP contribution in [-0.2, 0) is 4.79 Å². The Bertz CT molecular complexity index is 293. The highest BCUT2D eigenvalue weighted by Gasteiger charge is 2.11. The quantitative estimate of drug-likeness (QED) is 0.434. The second kappa shape index (κ2) is 4.49. The topological polar surface area (TPSA) is 26.3 Å². The van der Waals surface area contributed by atoms with Gasteiger partial charge in [0.15, 0.2) is 0 Å². The molecule has 0 bridgehead atoms. The molecule has 1 unspecified atom stereocenters. The zero-order valence-corrected chi connectivity index (χ0v) is 8.47. The lowest BCUT2D eigenvalue weighted by atomic mass is 10.3. The van der Waals surface area contributed by atoms with E-state index >= 15 is 0 Å². The molecule has 70 valence electrons. The largest absolute Gasteiger partial charge is 0.425 e. The summed E-state index contributed by atoms with van der Waals surface area (Å²) in [6, 6.07) is 6.51. The number of benzene rings is 1. The van der Waals surface area contributed by atoms with Crippen LogP contribution in [0.25, 0.3) is 0 Å². The van der Waals surface area contributed by atoms with Crippen molar-refractivity contribution in [3.63, 3.8) is 0 Å². The van der Waals surface area contributed by atoms with Crippen molar-refractivity contribution < 1.29 is 9.53 Å². The number of carbonyl (C=O) groups is 1. The Morgan fingerprint density at radius 3 is 2.38 bits per heavy atom. The lowest BCUT2D eigenvalue weighted by Gasteiger charge is -2.04. The molecule has 1 rings (SSSR count). The van der Waals surface area contributed by atoms with E-state index in [1.807, 2.05) is 0 Å². The predicted molar refractivity (Wildman–Crippen MR) is 52.4 cm³/mol. The highest BCUT2D eigenvalue weighted by atomic mass is 35.5. The van der Waals surface area contributed by atoms with Crippen molar-refractivity contribution in [2.24, 2.45) is 0 Å². The van der Waals surface area contributed by atoms with Gasteiger partial charge in [0.25, 0.3) is 0 Å². The number of alkyl halides is 1. The maximum absolute atomic E-state index is 11.0. The second-order valence-corrected chi connectivity index (χ2v) is 3.58. The molecule has 0 fully saturated rings. The van der Waals surface area contributed by atoms with Crippen molar-refractivity contribution in [2.45, 2.75) is 12.3 Å². The number of rotatable bonds is 2. The fourth-order valence-corrected chi connectivity index (χ4v) is 0.871. The summed E-state index contributed by atoms with van der Waals surface area (Å²) < 4.78 is 4.90. The highest BCUT2D eigenvalue weighted by molar-refractivity contribution is 6.30. The van der Waals surface area contributed by atoms with Gasteiger partial charge in [-0.25, -0.2) is 0 Å². The summed E-state index contributed by atoms with van der Waals surface area (Å²) in [5.74, 6) is -0.0223. The van der Waals surface area contributed by atoms with Crippen LogP contribution >= 0.6 is 23.2 Å². The van der Waals surface area contributed by atoms with Gasteiger partial charge in [-0.2, -0.15) is 0 Å². The van der Waals surface area contributed by atoms with Gasteiger partial charge in [0.1, 0.15) is 11.1 Å². The first-order chi connectivity index (χ1) is 6.09. The third kappa shape index (κ3) is 3.25. The molecule has 0 aromatic heterocycles. The Morgan fingerprint density at radius 1 is 1.38 bits per heavy atom. The van der Waals surface area contributed by atoms with Crippen LogP contribution in [0, 0.1) is 0 Å². The van der Waals surface area contributed by atoms with Crippen LogP contribution in [-0.4, -0.2) is 11.3 Å². The second-order valence-electron chi connectivity index (χ2n) is 2.49. The molecule has 0 aliphatic heterocycles. The minimum absolute atomic E-state index is 0.446. The standard InChI is InChI=1S/C9H8Cl2O2/c1-6(10)9(12)13-8-4-2-7(11)3-5-8/h2-6H,1H3. The van der Waals surface area contributed by atoms with Crippen molar-refractivity contribution in [1.29, 1.82) is 0 Å². The van der Waals surface area contributed by atoms with Crippen LogP contribution in [0.2, 0.25) is 5.02 Å². The van der Waals surface area contributed by atoms with Crippen LogP contribution in [0.3, 0.4) is 0 Å². The SMILES string of the molecule is CC(Cl)C(=O)Oc1ccc(Cl)cc1. The number of halogens is 2. The average molecular weight is 219 g/mol. The van der Waals surface area contributed by atoms with Crippen molar-refractivity contribution in [2.75, 3.05) is 0 Å². The zero-order chi connectivity index (χ0) is 9.84. The number of hydrogen-bond donors (Lipinski definition) is 0. The predicted octanol–water partition coefficient (Wildman–Crippen LogP) is 2.87.